The van der Waals surface area contributed by atoms with E-state index in [-0.39, 0.29) is 30.4 Å². The first-order chi connectivity index (χ1) is 3.31. The van der Waals surface area contributed by atoms with Crippen LogP contribution in [-0.2, 0) is 29.0 Å². The van der Waals surface area contributed by atoms with Crippen molar-refractivity contribution in [1.29, 1.82) is 0 Å². The van der Waals surface area contributed by atoms with Crippen molar-refractivity contribution in [2.45, 2.75) is 6.92 Å². The molecule has 0 amide bonds. The number of rotatable bonds is 2. The molecule has 0 aromatic heterocycles. The largest absolute Gasteiger partial charge is 0.464 e. The van der Waals surface area contributed by atoms with Gasteiger partial charge in [-0.25, -0.2) is 4.79 Å². The minimum Gasteiger partial charge on any atom is -0.464 e. The first-order valence-corrected chi connectivity index (χ1v) is 2.07. The molecule has 0 fully saturated rings. The van der Waals surface area contributed by atoms with Crippen LogP contribution in [-0.4, -0.2) is 35.2 Å². The van der Waals surface area contributed by atoms with Gasteiger partial charge in [0.1, 0.15) is 6.61 Å². The van der Waals surface area contributed by atoms with Crippen molar-refractivity contribution < 1.29 is 45.1 Å². The SMILES string of the molecule is CCOC(=O)CO.O.O.[Zn]. The molecule has 0 aromatic carbocycles. The second kappa shape index (κ2) is 16.0. The van der Waals surface area contributed by atoms with Crippen molar-refractivity contribution in [3.63, 3.8) is 0 Å². The summed E-state index contributed by atoms with van der Waals surface area (Å²) >= 11 is 0. The molecule has 0 aromatic rings. The van der Waals surface area contributed by atoms with Crippen LogP contribution in [0.25, 0.3) is 0 Å². The summed E-state index contributed by atoms with van der Waals surface area (Å²) in [7, 11) is 0. The Morgan fingerprint density at radius 3 is 2.00 bits per heavy atom. The Hall–Kier alpha value is -0.0266. The average Bonchev–Trinajstić information content (AvgIpc) is 1.68. The van der Waals surface area contributed by atoms with E-state index >= 15 is 0 Å². The summed E-state index contributed by atoms with van der Waals surface area (Å²) in [6.45, 7) is 1.50. The third-order valence-electron chi connectivity index (χ3n) is 0.434. The molecule has 0 unspecified atom stereocenters. The Labute approximate surface area is 71.7 Å². The topological polar surface area (TPSA) is 110 Å². The smallest absolute Gasteiger partial charge is 0.331 e. The molecule has 0 rings (SSSR count). The van der Waals surface area contributed by atoms with Gasteiger partial charge in [-0.3, -0.25) is 0 Å². The van der Waals surface area contributed by atoms with Gasteiger partial charge in [0.15, 0.2) is 0 Å². The molecule has 0 radical (unpaired) electrons. The van der Waals surface area contributed by atoms with Gasteiger partial charge in [-0.2, -0.15) is 0 Å². The predicted octanol–water partition coefficient (Wildman–Crippen LogP) is -2.11. The van der Waals surface area contributed by atoms with Crippen molar-refractivity contribution in [1.82, 2.24) is 0 Å². The third kappa shape index (κ3) is 15.7. The molecule has 0 saturated heterocycles. The first-order valence-electron chi connectivity index (χ1n) is 2.07. The molecule has 6 heteroatoms. The molecule has 60 valence electrons. The van der Waals surface area contributed by atoms with Gasteiger partial charge in [0.2, 0.25) is 0 Å². The van der Waals surface area contributed by atoms with Gasteiger partial charge in [0.05, 0.1) is 6.61 Å². The number of aliphatic hydroxyl groups excluding tert-OH is 1. The summed E-state index contributed by atoms with van der Waals surface area (Å²) in [6.07, 6.45) is 0. The average molecular weight is 206 g/mol. The predicted molar refractivity (Wildman–Crippen MR) is 30.9 cm³/mol. The van der Waals surface area contributed by atoms with E-state index in [1.165, 1.54) is 0 Å². The summed E-state index contributed by atoms with van der Waals surface area (Å²) in [6, 6.07) is 0. The molecule has 5 N–H and O–H groups in total. The number of esters is 1. The Balaban J connectivity index is -0.0000000600. The van der Waals surface area contributed by atoms with E-state index in [4.69, 9.17) is 5.11 Å². The first kappa shape index (κ1) is 22.5. The van der Waals surface area contributed by atoms with Crippen LogP contribution in [0.3, 0.4) is 0 Å². The Morgan fingerprint density at radius 2 is 1.90 bits per heavy atom. The molecule has 0 heterocycles. The normalized spacial score (nSPS) is 5.80. The van der Waals surface area contributed by atoms with E-state index in [1.807, 2.05) is 0 Å². The zero-order valence-electron chi connectivity index (χ0n) is 5.89. The molecular weight excluding hydrogens is 193 g/mol. The standard InChI is InChI=1S/C4H8O3.2H2O.Zn/c1-2-7-4(6)3-5;;;/h5H,2-3H2,1H3;2*1H2;. The van der Waals surface area contributed by atoms with Crippen molar-refractivity contribution >= 4 is 5.97 Å². The Bertz CT molecular complexity index is 66.7. The minimum absolute atomic E-state index is 0. The quantitative estimate of drug-likeness (QED) is 0.411. The number of aliphatic hydroxyl groups is 1. The van der Waals surface area contributed by atoms with Crippen LogP contribution in [0, 0.1) is 0 Å². The minimum atomic E-state index is -0.567. The molecule has 0 atom stereocenters. The van der Waals surface area contributed by atoms with Crippen molar-refractivity contribution in [3.05, 3.63) is 0 Å². The fraction of sp³-hybridized carbons (Fsp3) is 0.750. The molecule has 0 saturated carbocycles. The zero-order chi connectivity index (χ0) is 5.70. The second-order valence-electron chi connectivity index (χ2n) is 0.963. The van der Waals surface area contributed by atoms with E-state index in [1.54, 1.807) is 6.92 Å². The van der Waals surface area contributed by atoms with Gasteiger partial charge < -0.3 is 20.8 Å². The zero-order valence-corrected chi connectivity index (χ0v) is 8.85. The summed E-state index contributed by atoms with van der Waals surface area (Å²) in [5.74, 6) is -0.567. The number of carbonyl (C=O) groups excluding carboxylic acids is 1. The molecule has 0 bridgehead atoms. The van der Waals surface area contributed by atoms with Crippen LogP contribution in [0.15, 0.2) is 0 Å². The summed E-state index contributed by atoms with van der Waals surface area (Å²) in [4.78, 5) is 9.94. The van der Waals surface area contributed by atoms with Gasteiger partial charge >= 0.3 is 5.97 Å². The molecule has 0 aliphatic heterocycles. The van der Waals surface area contributed by atoms with Crippen LogP contribution in [0.2, 0.25) is 0 Å². The summed E-state index contributed by atoms with van der Waals surface area (Å²) in [5.41, 5.74) is 0. The molecule has 5 nitrogen and oxygen atoms in total. The van der Waals surface area contributed by atoms with Gasteiger partial charge in [0.25, 0.3) is 0 Å². The van der Waals surface area contributed by atoms with Gasteiger partial charge in [0, 0.05) is 19.5 Å². The van der Waals surface area contributed by atoms with E-state index < -0.39 is 12.6 Å². The van der Waals surface area contributed by atoms with Crippen molar-refractivity contribution in [3.8, 4) is 0 Å². The van der Waals surface area contributed by atoms with Crippen LogP contribution in [0.4, 0.5) is 0 Å². The Kier molecular flexibility index (Phi) is 36.0. The van der Waals surface area contributed by atoms with Gasteiger partial charge in [-0.05, 0) is 6.92 Å². The third-order valence-corrected chi connectivity index (χ3v) is 0.434. The molecule has 0 aliphatic rings. The van der Waals surface area contributed by atoms with Crippen molar-refractivity contribution in [2.24, 2.45) is 0 Å². The fourth-order valence-electron chi connectivity index (χ4n) is 0.207. The van der Waals surface area contributed by atoms with Crippen LogP contribution in [0.1, 0.15) is 6.92 Å². The van der Waals surface area contributed by atoms with Gasteiger partial charge in [-0.15, -0.1) is 0 Å². The maximum atomic E-state index is 9.94. The fourth-order valence-corrected chi connectivity index (χ4v) is 0.207. The maximum Gasteiger partial charge on any atom is 0.331 e. The van der Waals surface area contributed by atoms with E-state index in [0.717, 1.165) is 0 Å². The van der Waals surface area contributed by atoms with Crippen LogP contribution >= 0.6 is 0 Å². The maximum absolute atomic E-state index is 9.94. The monoisotopic (exact) mass is 204 g/mol. The number of carbonyl (C=O) groups is 1. The molecular formula is C4H12O5Zn. The van der Waals surface area contributed by atoms with Gasteiger partial charge in [-0.1, -0.05) is 0 Å². The second-order valence-corrected chi connectivity index (χ2v) is 0.963. The number of hydrogen-bond acceptors (Lipinski definition) is 3. The summed E-state index contributed by atoms with van der Waals surface area (Å²) in [5, 5.41) is 7.99. The molecule has 0 spiro atoms. The van der Waals surface area contributed by atoms with Crippen LogP contribution in [0.5, 0.6) is 0 Å². The van der Waals surface area contributed by atoms with E-state index in [9.17, 15) is 4.79 Å². The van der Waals surface area contributed by atoms with E-state index in [0.29, 0.717) is 6.61 Å². The molecule has 0 aliphatic carbocycles. The van der Waals surface area contributed by atoms with Crippen LogP contribution < -0.4 is 0 Å². The number of ether oxygens (including phenoxy) is 1. The van der Waals surface area contributed by atoms with E-state index in [2.05, 4.69) is 4.74 Å². The summed E-state index contributed by atoms with van der Waals surface area (Å²) < 4.78 is 4.30. The Morgan fingerprint density at radius 1 is 1.50 bits per heavy atom. The van der Waals surface area contributed by atoms with Crippen molar-refractivity contribution in [2.75, 3.05) is 13.2 Å². The molecule has 10 heavy (non-hydrogen) atoms. The number of hydrogen-bond donors (Lipinski definition) is 1.